The summed E-state index contributed by atoms with van der Waals surface area (Å²) in [5, 5.41) is 120. The highest BCUT2D eigenvalue weighted by molar-refractivity contribution is 5.76. The molecule has 17 atom stereocenters. The molecule has 19 nitrogen and oxygen atoms in total. The highest BCUT2D eigenvalue weighted by atomic mass is 16.8. The van der Waals surface area contributed by atoms with E-state index in [-0.39, 0.29) is 18.9 Å². The van der Waals surface area contributed by atoms with E-state index in [2.05, 4.69) is 31.3 Å². The number of aliphatic hydroxyl groups is 11. The molecule has 3 aliphatic heterocycles. The van der Waals surface area contributed by atoms with Crippen molar-refractivity contribution in [2.75, 3.05) is 26.4 Å². The Bertz CT molecular complexity index is 1460. The summed E-state index contributed by atoms with van der Waals surface area (Å²) in [5.41, 5.74) is 0. The second kappa shape index (κ2) is 39.6. The van der Waals surface area contributed by atoms with Gasteiger partial charge in [0.15, 0.2) is 18.9 Å². The van der Waals surface area contributed by atoms with Crippen LogP contribution in [0.25, 0.3) is 0 Å². The number of hydrogen-bond acceptors (Lipinski definition) is 18. The number of unbranched alkanes of at least 4 members (excludes halogenated alkanes) is 23. The van der Waals surface area contributed by atoms with Crippen LogP contribution in [-0.2, 0) is 33.2 Å². The summed E-state index contributed by atoms with van der Waals surface area (Å²) in [6.07, 6.45) is 11.7. The van der Waals surface area contributed by atoms with Crippen LogP contribution in [0.1, 0.15) is 187 Å². The molecule has 3 fully saturated rings. The van der Waals surface area contributed by atoms with Crippen LogP contribution in [0, 0.1) is 0 Å². The van der Waals surface area contributed by atoms with E-state index in [1.54, 1.807) is 6.08 Å². The summed E-state index contributed by atoms with van der Waals surface area (Å²) >= 11 is 0. The minimum atomic E-state index is -1.98. The molecule has 3 saturated heterocycles. The van der Waals surface area contributed by atoms with E-state index in [9.17, 15) is 61.0 Å². The van der Waals surface area contributed by atoms with Gasteiger partial charge >= 0.3 is 0 Å². The van der Waals surface area contributed by atoms with Gasteiger partial charge in [-0.25, -0.2) is 0 Å². The van der Waals surface area contributed by atoms with Crippen LogP contribution in [0.4, 0.5) is 0 Å². The number of nitrogens with one attached hydrogen (secondary N) is 1. The van der Waals surface area contributed by atoms with E-state index in [0.29, 0.717) is 12.8 Å². The van der Waals surface area contributed by atoms with Crippen LogP contribution in [-0.4, -0.2) is 193 Å². The van der Waals surface area contributed by atoms with Crippen molar-refractivity contribution in [1.82, 2.24) is 5.32 Å². The lowest BCUT2D eigenvalue weighted by molar-refractivity contribution is -0.379. The Morgan fingerprint density at radius 3 is 1.35 bits per heavy atom. The Balaban J connectivity index is 1.54. The van der Waals surface area contributed by atoms with E-state index in [1.165, 1.54) is 116 Å². The molecule has 0 aromatic heterocycles. The molecule has 0 aromatic rings. The number of amides is 1. The molecule has 3 rings (SSSR count). The van der Waals surface area contributed by atoms with Gasteiger partial charge in [-0.05, 0) is 32.1 Å². The van der Waals surface area contributed by atoms with Gasteiger partial charge in [-0.1, -0.05) is 173 Å². The van der Waals surface area contributed by atoms with Gasteiger partial charge in [-0.2, -0.15) is 0 Å². The predicted octanol–water partition coefficient (Wildman–Crippen LogP) is 3.98. The maximum atomic E-state index is 13.3. The largest absolute Gasteiger partial charge is 0.394 e. The van der Waals surface area contributed by atoms with Crippen LogP contribution in [0.5, 0.6) is 0 Å². The summed E-state index contributed by atoms with van der Waals surface area (Å²) in [6, 6.07) is -0.983. The third-order valence-corrected chi connectivity index (χ3v) is 14.5. The zero-order valence-corrected chi connectivity index (χ0v) is 44.8. The van der Waals surface area contributed by atoms with Gasteiger partial charge in [-0.3, -0.25) is 4.79 Å². The standard InChI is InChI=1S/C55H101NO18/c1-3-5-7-9-11-13-15-17-19-21-23-25-27-29-31-33-43(61)56-38(39(60)32-30-28-26-24-22-20-18-16-14-12-10-8-6-4-2)37-69-53-49(67)46(64)51(41(35-58)71-53)74-55-50(68)47(65)52(42(36-59)72-55)73-54-48(66)45(63)44(62)40(34-57)70-54/h22,24,30,32,38-42,44-55,57-60,62-68H,3-21,23,25-29,31,33-37H2,1-2H3,(H,56,61)/b24-22+,32-30+. The highest BCUT2D eigenvalue weighted by Gasteiger charge is 2.53. The van der Waals surface area contributed by atoms with Crippen molar-refractivity contribution in [1.29, 1.82) is 0 Å². The quantitative estimate of drug-likeness (QED) is 0.0304. The van der Waals surface area contributed by atoms with Crippen LogP contribution in [0.15, 0.2) is 24.3 Å². The molecular formula is C55H101NO18. The lowest BCUT2D eigenvalue weighted by Gasteiger charge is -2.48. The maximum absolute atomic E-state index is 13.3. The Labute approximate surface area is 441 Å². The molecule has 0 saturated carbocycles. The fourth-order valence-electron chi connectivity index (χ4n) is 9.74. The summed E-state index contributed by atoms with van der Waals surface area (Å²) in [5.74, 6) is -0.285. The minimum Gasteiger partial charge on any atom is -0.394 e. The fraction of sp³-hybridized carbons (Fsp3) is 0.909. The first-order chi connectivity index (χ1) is 35.8. The number of rotatable bonds is 41. The number of ether oxygens (including phenoxy) is 6. The SMILES string of the molecule is CCCCCCCCCC/C=C/CC/C=C/C(O)C(COC1OC(CO)C(OC2OC(CO)C(OC3OC(CO)C(O)C(O)C3O)C(O)C2O)C(O)C1O)NC(=O)CCCCCCCCCCCCCCCCC. The van der Waals surface area contributed by atoms with Gasteiger partial charge in [0.05, 0.1) is 38.6 Å². The Hall–Kier alpha value is -1.73. The van der Waals surface area contributed by atoms with Crippen LogP contribution in [0.2, 0.25) is 0 Å². The van der Waals surface area contributed by atoms with E-state index in [0.717, 1.165) is 38.5 Å². The van der Waals surface area contributed by atoms with Crippen molar-refractivity contribution in [3.05, 3.63) is 24.3 Å². The third-order valence-electron chi connectivity index (χ3n) is 14.5. The van der Waals surface area contributed by atoms with E-state index < -0.39 is 124 Å². The van der Waals surface area contributed by atoms with E-state index in [1.807, 2.05) is 6.08 Å². The van der Waals surface area contributed by atoms with Crippen LogP contribution < -0.4 is 5.32 Å². The molecule has 17 unspecified atom stereocenters. The van der Waals surface area contributed by atoms with Crippen molar-refractivity contribution >= 4 is 5.91 Å². The monoisotopic (exact) mass is 1060 g/mol. The van der Waals surface area contributed by atoms with E-state index >= 15 is 0 Å². The Morgan fingerprint density at radius 1 is 0.473 bits per heavy atom. The van der Waals surface area contributed by atoms with Crippen LogP contribution in [0.3, 0.4) is 0 Å². The Morgan fingerprint density at radius 2 is 0.865 bits per heavy atom. The summed E-state index contributed by atoms with van der Waals surface area (Å²) in [4.78, 5) is 13.3. The first kappa shape index (κ1) is 66.5. The van der Waals surface area contributed by atoms with Crippen molar-refractivity contribution < 1.29 is 89.4 Å². The third kappa shape index (κ3) is 24.1. The first-order valence-corrected chi connectivity index (χ1v) is 28.6. The second-order valence-electron chi connectivity index (χ2n) is 20.8. The first-order valence-electron chi connectivity index (χ1n) is 28.6. The number of carbonyl (C=O) groups excluding carboxylic acids is 1. The number of allylic oxidation sites excluding steroid dienone is 3. The summed E-state index contributed by atoms with van der Waals surface area (Å²) in [7, 11) is 0. The zero-order chi connectivity index (χ0) is 54.1. The number of hydrogen-bond donors (Lipinski definition) is 12. The molecule has 0 radical (unpaired) electrons. The average molecular weight is 1060 g/mol. The molecule has 19 heteroatoms. The zero-order valence-electron chi connectivity index (χ0n) is 44.8. The molecule has 434 valence electrons. The summed E-state index contributed by atoms with van der Waals surface area (Å²) < 4.78 is 34.2. The normalized spacial score (nSPS) is 31.6. The molecule has 3 aliphatic rings. The summed E-state index contributed by atoms with van der Waals surface area (Å²) in [6.45, 7) is 1.68. The van der Waals surface area contributed by atoms with Gasteiger partial charge in [0, 0.05) is 6.42 Å². The fourth-order valence-corrected chi connectivity index (χ4v) is 9.74. The Kier molecular flexibility index (Phi) is 35.6. The molecule has 3 heterocycles. The van der Waals surface area contributed by atoms with Gasteiger partial charge < -0.3 is 89.9 Å². The smallest absolute Gasteiger partial charge is 0.220 e. The maximum Gasteiger partial charge on any atom is 0.220 e. The number of carbonyl (C=O) groups is 1. The molecule has 12 N–H and O–H groups in total. The highest BCUT2D eigenvalue weighted by Crippen LogP contribution is 2.33. The predicted molar refractivity (Wildman–Crippen MR) is 277 cm³/mol. The van der Waals surface area contributed by atoms with Crippen molar-refractivity contribution in [3.8, 4) is 0 Å². The lowest BCUT2D eigenvalue weighted by atomic mass is 9.96. The van der Waals surface area contributed by atoms with Crippen molar-refractivity contribution in [2.24, 2.45) is 0 Å². The minimum absolute atomic E-state index is 0.239. The molecule has 0 spiro atoms. The van der Waals surface area contributed by atoms with Gasteiger partial charge in [0.25, 0.3) is 0 Å². The lowest BCUT2D eigenvalue weighted by Crippen LogP contribution is -2.66. The molecule has 74 heavy (non-hydrogen) atoms. The molecule has 1 amide bonds. The van der Waals surface area contributed by atoms with Gasteiger partial charge in [-0.15, -0.1) is 0 Å². The van der Waals surface area contributed by atoms with Crippen molar-refractivity contribution in [3.63, 3.8) is 0 Å². The van der Waals surface area contributed by atoms with Crippen LogP contribution >= 0.6 is 0 Å². The molecule has 0 aliphatic carbocycles. The van der Waals surface area contributed by atoms with E-state index in [4.69, 9.17) is 28.4 Å². The second-order valence-corrected chi connectivity index (χ2v) is 20.8. The van der Waals surface area contributed by atoms with Crippen molar-refractivity contribution in [2.45, 2.75) is 291 Å². The molecule has 0 bridgehead atoms. The molecular weight excluding hydrogens is 963 g/mol. The van der Waals surface area contributed by atoms with Gasteiger partial charge in [0.1, 0.15) is 73.2 Å². The number of aliphatic hydroxyl groups excluding tert-OH is 11. The molecule has 0 aromatic carbocycles. The van der Waals surface area contributed by atoms with Gasteiger partial charge in [0.2, 0.25) is 5.91 Å². The topological polar surface area (TPSA) is 307 Å². The average Bonchev–Trinajstić information content (AvgIpc) is 3.40.